The summed E-state index contributed by atoms with van der Waals surface area (Å²) in [4.78, 5) is 53.6. The zero-order chi connectivity index (χ0) is 39.8. The summed E-state index contributed by atoms with van der Waals surface area (Å²) in [5, 5.41) is 6.38. The number of nitrogens with zero attached hydrogens (tertiary/aromatic N) is 3. The molecule has 2 N–H and O–H groups in total. The zero-order valence-electron chi connectivity index (χ0n) is 32.1. The Labute approximate surface area is 330 Å². The predicted octanol–water partition coefficient (Wildman–Crippen LogP) is 5.67. The van der Waals surface area contributed by atoms with E-state index in [0.717, 1.165) is 28.1 Å². The molecule has 15 heteroatoms. The van der Waals surface area contributed by atoms with Gasteiger partial charge in [0.15, 0.2) is 0 Å². The number of aryl methyl sites for hydroxylation is 1. The number of nitrogens with one attached hydrogen (secondary N) is 2. The molecule has 2 fully saturated rings. The lowest BCUT2D eigenvalue weighted by atomic mass is 10.1. The maximum atomic E-state index is 14.4. The molecular weight excluding hydrogens is 755 g/mol. The fraction of sp³-hybridized carbons (Fsp3) is 0.439. The minimum atomic E-state index is -4.23. The Bertz CT molecular complexity index is 2280. The van der Waals surface area contributed by atoms with Crippen LogP contribution in [0.15, 0.2) is 71.0 Å². The Morgan fingerprint density at radius 3 is 2.62 bits per heavy atom. The molecule has 2 aromatic heterocycles. The van der Waals surface area contributed by atoms with Gasteiger partial charge >= 0.3 is 0 Å². The number of aromatic nitrogens is 2. The lowest BCUT2D eigenvalue weighted by molar-refractivity contribution is -0.147. The number of rotatable bonds is 8. The minimum Gasteiger partial charge on any atom is -0.496 e. The molecule has 0 radical (unpaired) electrons. The highest BCUT2D eigenvalue weighted by Crippen LogP contribution is 2.46. The van der Waals surface area contributed by atoms with Crippen LogP contribution in [0.25, 0.3) is 21.6 Å². The molecule has 5 unspecified atom stereocenters. The molecule has 1 saturated carbocycles. The Kier molecular flexibility index (Phi) is 11.2. The molecular formula is C41H47N5O8S2. The van der Waals surface area contributed by atoms with Crippen LogP contribution in [0.2, 0.25) is 0 Å². The molecule has 2 aromatic carbocycles. The molecule has 5 atom stereocenters. The summed E-state index contributed by atoms with van der Waals surface area (Å²) in [7, 11) is -2.62. The van der Waals surface area contributed by atoms with Gasteiger partial charge in [-0.25, -0.2) is 23.1 Å². The molecule has 0 spiro atoms. The second kappa shape index (κ2) is 15.9. The Morgan fingerprint density at radius 2 is 1.89 bits per heavy atom. The van der Waals surface area contributed by atoms with Gasteiger partial charge in [-0.05, 0) is 69.7 Å². The van der Waals surface area contributed by atoms with Crippen LogP contribution in [-0.2, 0) is 29.1 Å². The first kappa shape index (κ1) is 39.4. The van der Waals surface area contributed by atoms with E-state index < -0.39 is 51.5 Å². The largest absolute Gasteiger partial charge is 0.496 e. The smallest absolute Gasteiger partial charge is 0.264 e. The van der Waals surface area contributed by atoms with E-state index in [0.29, 0.717) is 42.2 Å². The topological polar surface area (TPSA) is 166 Å². The molecule has 56 heavy (non-hydrogen) atoms. The molecule has 2 aliphatic heterocycles. The van der Waals surface area contributed by atoms with E-state index in [9.17, 15) is 22.8 Å². The van der Waals surface area contributed by atoms with Gasteiger partial charge in [-0.15, -0.1) is 11.3 Å². The molecule has 4 aromatic rings. The SMILES string of the molecule is COc1ccc2c(OC3CC4C(=O)NC5(C(=O)NS(=O)(=O)c6ccccc6)CC5C=CCCCCOC(C)C(=O)N4C3)cc(-c3nc(C(C)C)cs3)nc2c1C. The van der Waals surface area contributed by atoms with Crippen molar-refractivity contribution in [2.75, 3.05) is 20.3 Å². The predicted molar refractivity (Wildman–Crippen MR) is 212 cm³/mol. The van der Waals surface area contributed by atoms with Crippen molar-refractivity contribution in [3.8, 4) is 22.2 Å². The quantitative estimate of drug-likeness (QED) is 0.212. The second-order valence-corrected chi connectivity index (χ2v) is 17.5. The summed E-state index contributed by atoms with van der Waals surface area (Å²) in [6.45, 7) is 8.19. The number of hydrogen-bond acceptors (Lipinski definition) is 11. The molecule has 296 valence electrons. The average molecular weight is 802 g/mol. The molecule has 1 aliphatic carbocycles. The van der Waals surface area contributed by atoms with Crippen molar-refractivity contribution < 1.29 is 37.0 Å². The van der Waals surface area contributed by atoms with Crippen molar-refractivity contribution in [3.63, 3.8) is 0 Å². The number of allylic oxidation sites excluding steroid dienone is 1. The summed E-state index contributed by atoms with van der Waals surface area (Å²) in [5.74, 6) is -0.835. The normalized spacial score (nSPS) is 24.5. The van der Waals surface area contributed by atoms with Gasteiger partial charge < -0.3 is 24.4 Å². The highest BCUT2D eigenvalue weighted by atomic mass is 32.2. The number of thiazole rings is 1. The fourth-order valence-electron chi connectivity index (χ4n) is 7.38. The summed E-state index contributed by atoms with van der Waals surface area (Å²) in [6, 6.07) is 12.1. The van der Waals surface area contributed by atoms with Crippen LogP contribution in [-0.4, -0.2) is 85.1 Å². The molecule has 3 aliphatic rings. The lowest BCUT2D eigenvalue weighted by Crippen LogP contribution is -2.57. The first-order chi connectivity index (χ1) is 26.8. The molecule has 4 heterocycles. The monoisotopic (exact) mass is 801 g/mol. The van der Waals surface area contributed by atoms with Gasteiger partial charge in [0.1, 0.15) is 46.0 Å². The van der Waals surface area contributed by atoms with Crippen LogP contribution in [0.5, 0.6) is 11.5 Å². The number of methoxy groups -OCH3 is 1. The van der Waals surface area contributed by atoms with Gasteiger partial charge in [0.2, 0.25) is 5.91 Å². The van der Waals surface area contributed by atoms with Crippen molar-refractivity contribution in [3.05, 3.63) is 77.3 Å². The summed E-state index contributed by atoms with van der Waals surface area (Å²) < 4.78 is 47.0. The Balaban J connectivity index is 1.21. The van der Waals surface area contributed by atoms with Crippen LogP contribution in [0, 0.1) is 12.8 Å². The van der Waals surface area contributed by atoms with Gasteiger partial charge in [-0.3, -0.25) is 14.4 Å². The van der Waals surface area contributed by atoms with Crippen LogP contribution in [0.3, 0.4) is 0 Å². The molecule has 1 saturated heterocycles. The molecule has 0 bridgehead atoms. The molecule has 7 rings (SSSR count). The average Bonchev–Trinajstić information content (AvgIpc) is 3.47. The number of hydrogen-bond donors (Lipinski definition) is 2. The summed E-state index contributed by atoms with van der Waals surface area (Å²) >= 11 is 1.49. The van der Waals surface area contributed by atoms with Crippen LogP contribution < -0.4 is 19.5 Å². The van der Waals surface area contributed by atoms with Gasteiger partial charge in [0, 0.05) is 41.3 Å². The summed E-state index contributed by atoms with van der Waals surface area (Å²) in [5.41, 5.74) is 1.54. The van der Waals surface area contributed by atoms with Crippen molar-refractivity contribution in [1.29, 1.82) is 0 Å². The summed E-state index contributed by atoms with van der Waals surface area (Å²) in [6.07, 6.45) is 4.82. The maximum absolute atomic E-state index is 14.4. The second-order valence-electron chi connectivity index (χ2n) is 15.0. The van der Waals surface area contributed by atoms with Crippen molar-refractivity contribution in [2.45, 2.75) is 94.4 Å². The molecule has 13 nitrogen and oxygen atoms in total. The van der Waals surface area contributed by atoms with E-state index >= 15 is 0 Å². The van der Waals surface area contributed by atoms with Crippen LogP contribution in [0.4, 0.5) is 0 Å². The third-order valence-corrected chi connectivity index (χ3v) is 13.0. The van der Waals surface area contributed by atoms with E-state index in [-0.39, 0.29) is 36.1 Å². The standard InChI is InChI=1S/C41H47N5O8S2/c1-24(2)32-23-55-38(43-32)31-20-35(30-16-17-34(52-5)25(3)36(30)42-31)54-28-19-33-37(47)44-41(40(49)45-56(50,51)29-14-10-8-11-15-29)21-27(41)13-9-6-7-12-18-53-26(4)39(48)46(33)22-28/h8-11,13-17,20,23-24,26-28,33H,6-7,12,18-19,21-22H2,1-5H3,(H,44,47)(H,45,49). The number of sulfonamides is 1. The number of ether oxygens (including phenoxy) is 3. The van der Waals surface area contributed by atoms with E-state index in [2.05, 4.69) is 23.9 Å². The van der Waals surface area contributed by atoms with Gasteiger partial charge in [0.25, 0.3) is 21.8 Å². The number of fused-ring (bicyclic) bond motifs is 3. The highest BCUT2D eigenvalue weighted by Gasteiger charge is 2.61. The van der Waals surface area contributed by atoms with Crippen molar-refractivity contribution >= 4 is 50.0 Å². The number of pyridine rings is 1. The number of carbonyl (C=O) groups is 3. The van der Waals surface area contributed by atoms with Gasteiger partial charge in [0.05, 0.1) is 29.8 Å². The van der Waals surface area contributed by atoms with E-state index in [1.165, 1.54) is 28.4 Å². The van der Waals surface area contributed by atoms with Crippen LogP contribution in [0.1, 0.15) is 70.1 Å². The maximum Gasteiger partial charge on any atom is 0.264 e. The lowest BCUT2D eigenvalue weighted by Gasteiger charge is -2.28. The van der Waals surface area contributed by atoms with E-state index in [1.54, 1.807) is 32.2 Å². The third kappa shape index (κ3) is 7.89. The highest BCUT2D eigenvalue weighted by molar-refractivity contribution is 7.90. The zero-order valence-corrected chi connectivity index (χ0v) is 33.7. The fourth-order valence-corrected chi connectivity index (χ4v) is 9.38. The van der Waals surface area contributed by atoms with E-state index in [1.807, 2.05) is 42.7 Å². The van der Waals surface area contributed by atoms with Crippen molar-refractivity contribution in [2.24, 2.45) is 5.92 Å². The minimum absolute atomic E-state index is 0.0680. The van der Waals surface area contributed by atoms with Crippen LogP contribution >= 0.6 is 11.3 Å². The third-order valence-electron chi connectivity index (χ3n) is 10.7. The van der Waals surface area contributed by atoms with Gasteiger partial charge in [-0.1, -0.05) is 44.2 Å². The van der Waals surface area contributed by atoms with Gasteiger partial charge in [-0.2, -0.15) is 0 Å². The van der Waals surface area contributed by atoms with E-state index in [4.69, 9.17) is 24.2 Å². The Hall–Kier alpha value is -4.86. The number of carbonyl (C=O) groups excluding carboxylic acids is 3. The first-order valence-corrected chi connectivity index (χ1v) is 21.3. The van der Waals surface area contributed by atoms with Crippen molar-refractivity contribution in [1.82, 2.24) is 24.9 Å². The number of benzene rings is 2. The molecule has 3 amide bonds. The first-order valence-electron chi connectivity index (χ1n) is 18.9. The number of amides is 3. The Morgan fingerprint density at radius 1 is 1.11 bits per heavy atom.